The van der Waals surface area contributed by atoms with Crippen LogP contribution < -0.4 is 0 Å². The van der Waals surface area contributed by atoms with Gasteiger partial charge in [-0.25, -0.2) is 4.39 Å². The van der Waals surface area contributed by atoms with Gasteiger partial charge in [0.1, 0.15) is 0 Å². The molecule has 0 aliphatic carbocycles. The van der Waals surface area contributed by atoms with Crippen molar-refractivity contribution in [3.05, 3.63) is 0 Å². The summed E-state index contributed by atoms with van der Waals surface area (Å²) in [7, 11) is 0. The van der Waals surface area contributed by atoms with E-state index in [9.17, 15) is 48.3 Å². The van der Waals surface area contributed by atoms with E-state index in [2.05, 4.69) is 0 Å². The Balaban J connectivity index is 5.91. The molecule has 0 bridgehead atoms. The van der Waals surface area contributed by atoms with Crippen molar-refractivity contribution in [3.63, 3.8) is 0 Å². The molecule has 0 nitrogen and oxygen atoms in total. The number of hydrogen-bond donors (Lipinski definition) is 0. The Morgan fingerprint density at radius 1 is 0.556 bits per heavy atom. The van der Waals surface area contributed by atoms with Gasteiger partial charge in [0.2, 0.25) is 0 Å². The molecule has 0 amide bonds. The second-order valence-electron chi connectivity index (χ2n) is 3.30. The first-order valence-electron chi connectivity index (χ1n) is 4.14. The molecule has 18 heavy (non-hydrogen) atoms. The van der Waals surface area contributed by atoms with E-state index in [1.54, 1.807) is 0 Å². The Morgan fingerprint density at radius 3 is 1.06 bits per heavy atom. The van der Waals surface area contributed by atoms with Crippen LogP contribution in [-0.4, -0.2) is 29.9 Å². The van der Waals surface area contributed by atoms with Crippen LogP contribution in [-0.2, 0) is 0 Å². The first-order valence-corrected chi connectivity index (χ1v) is 4.14. The normalized spacial score (nSPS) is 18.7. The van der Waals surface area contributed by atoms with Crippen molar-refractivity contribution in [1.82, 2.24) is 0 Å². The van der Waals surface area contributed by atoms with Gasteiger partial charge in [0.25, 0.3) is 5.67 Å². The van der Waals surface area contributed by atoms with Gasteiger partial charge in [-0.05, 0) is 6.42 Å². The van der Waals surface area contributed by atoms with Crippen molar-refractivity contribution in [1.29, 1.82) is 0 Å². The molecule has 110 valence electrons. The van der Waals surface area contributed by atoms with Gasteiger partial charge in [0.05, 0.1) is 0 Å². The van der Waals surface area contributed by atoms with E-state index >= 15 is 0 Å². The fourth-order valence-electron chi connectivity index (χ4n) is 1.03. The van der Waals surface area contributed by atoms with Crippen molar-refractivity contribution in [2.45, 2.75) is 43.2 Å². The summed E-state index contributed by atoms with van der Waals surface area (Å²) in [6.07, 6.45) is -15.9. The quantitative estimate of drug-likeness (QED) is 0.673. The molecule has 1 atom stereocenters. The summed E-state index contributed by atoms with van der Waals surface area (Å²) in [4.78, 5) is 0. The molecule has 1 unspecified atom stereocenters. The maximum absolute atomic E-state index is 13.0. The third-order valence-corrected chi connectivity index (χ3v) is 2.18. The van der Waals surface area contributed by atoms with Gasteiger partial charge in [-0.15, -0.1) is 0 Å². The van der Waals surface area contributed by atoms with E-state index in [1.807, 2.05) is 0 Å². The van der Waals surface area contributed by atoms with E-state index in [0.717, 1.165) is 0 Å². The van der Waals surface area contributed by atoms with Gasteiger partial charge in [0.15, 0.2) is 0 Å². The van der Waals surface area contributed by atoms with Crippen molar-refractivity contribution >= 4 is 0 Å². The zero-order valence-electron chi connectivity index (χ0n) is 8.36. The third-order valence-electron chi connectivity index (χ3n) is 2.18. The molecule has 0 saturated carbocycles. The average Bonchev–Trinajstić information content (AvgIpc) is 2.12. The lowest BCUT2D eigenvalue weighted by molar-refractivity contribution is -0.411. The Morgan fingerprint density at radius 2 is 0.889 bits per heavy atom. The van der Waals surface area contributed by atoms with Crippen molar-refractivity contribution in [2.24, 2.45) is 0 Å². The Hall–Kier alpha value is -0.770. The van der Waals surface area contributed by atoms with Gasteiger partial charge in [-0.3, -0.25) is 0 Å². The van der Waals surface area contributed by atoms with Gasteiger partial charge in [-0.2, -0.15) is 43.9 Å². The fraction of sp³-hybridized carbons (Fsp3) is 1.00. The minimum atomic E-state index is -7.15. The monoisotopic (exact) mass is 298 g/mol. The van der Waals surface area contributed by atoms with E-state index < -0.39 is 36.3 Å². The standard InChI is InChI=1S/C7H5F11/c1-2-3(8,6(13,14)15)4(9,10)5(11,12)7(16,17)18/h2H2,1H3. The van der Waals surface area contributed by atoms with E-state index in [-0.39, 0.29) is 6.92 Å². The number of rotatable bonds is 3. The summed E-state index contributed by atoms with van der Waals surface area (Å²) in [5.41, 5.74) is -5.99. The third kappa shape index (κ3) is 2.11. The second-order valence-corrected chi connectivity index (χ2v) is 3.30. The van der Waals surface area contributed by atoms with Gasteiger partial charge < -0.3 is 0 Å². The minimum absolute atomic E-state index is 0.0772. The minimum Gasteiger partial charge on any atom is -0.227 e. The Kier molecular flexibility index (Phi) is 3.94. The number of alkyl halides is 11. The molecule has 0 heterocycles. The Labute approximate surface area is 92.7 Å². The highest BCUT2D eigenvalue weighted by Crippen LogP contribution is 2.57. The highest BCUT2D eigenvalue weighted by atomic mass is 19.4. The predicted octanol–water partition coefficient (Wildman–Crippen LogP) is 4.50. The summed E-state index contributed by atoms with van der Waals surface area (Å²) in [6.45, 7) is 0.0772. The molecule has 0 rings (SSSR count). The Bertz CT molecular complexity index is 297. The molecule has 11 heteroatoms. The molecule has 0 N–H and O–H groups in total. The maximum atomic E-state index is 13.0. The predicted molar refractivity (Wildman–Crippen MR) is 36.1 cm³/mol. The van der Waals surface area contributed by atoms with E-state index in [1.165, 1.54) is 0 Å². The summed E-state index contributed by atoms with van der Waals surface area (Å²) < 4.78 is 134. The second kappa shape index (κ2) is 4.12. The average molecular weight is 298 g/mol. The summed E-state index contributed by atoms with van der Waals surface area (Å²) in [5.74, 6) is -14.1. The molecular formula is C7H5F11. The van der Waals surface area contributed by atoms with Crippen LogP contribution in [0.15, 0.2) is 0 Å². The molecule has 0 aliphatic heterocycles. The smallest absolute Gasteiger partial charge is 0.227 e. The van der Waals surface area contributed by atoms with Crippen LogP contribution in [0.2, 0.25) is 0 Å². The van der Waals surface area contributed by atoms with Crippen molar-refractivity contribution < 1.29 is 48.3 Å². The zero-order chi connectivity index (χ0) is 15.2. The molecule has 0 aromatic rings. The molecule has 0 radical (unpaired) electrons. The van der Waals surface area contributed by atoms with Crippen LogP contribution in [0.4, 0.5) is 48.3 Å². The van der Waals surface area contributed by atoms with Crippen LogP contribution in [0.3, 0.4) is 0 Å². The lowest BCUT2D eigenvalue weighted by atomic mass is 9.89. The van der Waals surface area contributed by atoms with Crippen LogP contribution >= 0.6 is 0 Å². The van der Waals surface area contributed by atoms with Crippen LogP contribution in [0, 0.1) is 0 Å². The molecular weight excluding hydrogens is 293 g/mol. The molecule has 0 aromatic heterocycles. The molecule has 0 fully saturated rings. The fourth-order valence-corrected chi connectivity index (χ4v) is 1.03. The SMILES string of the molecule is CCC(F)(C(F)(F)F)C(F)(F)C(F)(F)C(F)(F)F. The summed E-state index contributed by atoms with van der Waals surface area (Å²) in [6, 6.07) is 0. The van der Waals surface area contributed by atoms with Gasteiger partial charge >= 0.3 is 24.2 Å². The largest absolute Gasteiger partial charge is 0.460 e. The molecule has 0 aliphatic rings. The first-order chi connectivity index (χ1) is 7.56. The van der Waals surface area contributed by atoms with Crippen LogP contribution in [0.1, 0.15) is 13.3 Å². The maximum Gasteiger partial charge on any atom is 0.460 e. The van der Waals surface area contributed by atoms with Gasteiger partial charge in [-0.1, -0.05) is 6.92 Å². The highest BCUT2D eigenvalue weighted by Gasteiger charge is 2.85. The van der Waals surface area contributed by atoms with Crippen molar-refractivity contribution in [3.8, 4) is 0 Å². The summed E-state index contributed by atoms with van der Waals surface area (Å²) >= 11 is 0. The van der Waals surface area contributed by atoms with Gasteiger partial charge in [0, 0.05) is 0 Å². The number of hydrogen-bond acceptors (Lipinski definition) is 0. The zero-order valence-corrected chi connectivity index (χ0v) is 8.36. The van der Waals surface area contributed by atoms with Crippen LogP contribution in [0.25, 0.3) is 0 Å². The van der Waals surface area contributed by atoms with Crippen LogP contribution in [0.5, 0.6) is 0 Å². The lowest BCUT2D eigenvalue weighted by Gasteiger charge is -2.38. The number of halogens is 11. The summed E-state index contributed by atoms with van der Waals surface area (Å²) in [5, 5.41) is 0. The van der Waals surface area contributed by atoms with Crippen molar-refractivity contribution in [2.75, 3.05) is 0 Å². The molecule has 0 saturated heterocycles. The molecule has 0 spiro atoms. The topological polar surface area (TPSA) is 0 Å². The van der Waals surface area contributed by atoms with E-state index in [4.69, 9.17) is 0 Å². The highest BCUT2D eigenvalue weighted by molar-refractivity contribution is 5.08. The lowest BCUT2D eigenvalue weighted by Crippen LogP contribution is -2.67. The van der Waals surface area contributed by atoms with E-state index in [0.29, 0.717) is 0 Å². The molecule has 0 aromatic carbocycles. The first kappa shape index (κ1) is 17.2.